The summed E-state index contributed by atoms with van der Waals surface area (Å²) in [4.78, 5) is 17.0. The van der Waals surface area contributed by atoms with Gasteiger partial charge in [-0.1, -0.05) is 19.9 Å². The second-order valence-corrected chi connectivity index (χ2v) is 7.49. The van der Waals surface area contributed by atoms with Gasteiger partial charge in [0.15, 0.2) is 11.5 Å². The maximum atomic E-state index is 14.3. The Morgan fingerprint density at radius 3 is 2.65 bits per heavy atom. The van der Waals surface area contributed by atoms with Crippen LogP contribution in [-0.4, -0.2) is 31.7 Å². The SMILES string of the molecule is C/C=C(F)\C=C(\c1ncc(C(=O)NC)c2c1Oc1cc(OC(F)F)cc(OC)c1N2)C(C)CC. The van der Waals surface area contributed by atoms with E-state index in [-0.39, 0.29) is 40.2 Å². The van der Waals surface area contributed by atoms with Crippen molar-refractivity contribution in [3.63, 3.8) is 0 Å². The van der Waals surface area contributed by atoms with Crippen LogP contribution in [0.1, 0.15) is 43.2 Å². The molecule has 1 unspecified atom stereocenters. The van der Waals surface area contributed by atoms with Gasteiger partial charge in [-0.15, -0.1) is 0 Å². The number of hydrogen-bond acceptors (Lipinski definition) is 6. The summed E-state index contributed by atoms with van der Waals surface area (Å²) in [6.45, 7) is 2.39. The third kappa shape index (κ3) is 4.95. The quantitative estimate of drug-likeness (QED) is 0.376. The third-order valence-corrected chi connectivity index (χ3v) is 5.44. The number of carbonyl (C=O) groups is 1. The number of ether oxygens (including phenoxy) is 3. The molecule has 1 atom stereocenters. The van der Waals surface area contributed by atoms with Crippen LogP contribution in [0, 0.1) is 5.92 Å². The fraction of sp³-hybridized carbons (Fsp3) is 0.333. The highest BCUT2D eigenvalue weighted by Gasteiger charge is 2.31. The van der Waals surface area contributed by atoms with Gasteiger partial charge in [0.05, 0.1) is 18.4 Å². The Kier molecular flexibility index (Phi) is 7.70. The zero-order valence-corrected chi connectivity index (χ0v) is 19.5. The highest BCUT2D eigenvalue weighted by atomic mass is 19.3. The van der Waals surface area contributed by atoms with Crippen molar-refractivity contribution < 1.29 is 32.2 Å². The van der Waals surface area contributed by atoms with Gasteiger partial charge >= 0.3 is 6.61 Å². The van der Waals surface area contributed by atoms with Crippen molar-refractivity contribution in [2.24, 2.45) is 5.92 Å². The Balaban J connectivity index is 2.27. The van der Waals surface area contributed by atoms with Crippen LogP contribution in [0.25, 0.3) is 5.57 Å². The van der Waals surface area contributed by atoms with Crippen molar-refractivity contribution in [3.05, 3.63) is 47.6 Å². The number of rotatable bonds is 8. The van der Waals surface area contributed by atoms with Gasteiger partial charge in [-0.05, 0) is 30.9 Å². The van der Waals surface area contributed by atoms with Gasteiger partial charge in [0.1, 0.15) is 28.7 Å². The second kappa shape index (κ2) is 10.5. The maximum Gasteiger partial charge on any atom is 0.387 e. The maximum absolute atomic E-state index is 14.3. The number of nitrogens with one attached hydrogen (secondary N) is 2. The normalized spacial score (nSPS) is 13.9. The number of nitrogens with zero attached hydrogens (tertiary/aromatic N) is 1. The number of methoxy groups -OCH3 is 1. The monoisotopic (exact) mass is 477 g/mol. The van der Waals surface area contributed by atoms with E-state index in [0.717, 1.165) is 0 Å². The molecule has 1 aliphatic heterocycles. The number of halogens is 3. The van der Waals surface area contributed by atoms with Crippen LogP contribution in [0.5, 0.6) is 23.0 Å². The van der Waals surface area contributed by atoms with E-state index in [1.54, 1.807) is 6.92 Å². The van der Waals surface area contributed by atoms with Crippen molar-refractivity contribution >= 4 is 22.9 Å². The molecule has 34 heavy (non-hydrogen) atoms. The van der Waals surface area contributed by atoms with Gasteiger partial charge in [-0.25, -0.2) is 4.39 Å². The summed E-state index contributed by atoms with van der Waals surface area (Å²) in [7, 11) is 2.83. The predicted molar refractivity (Wildman–Crippen MR) is 123 cm³/mol. The van der Waals surface area contributed by atoms with E-state index in [1.807, 2.05) is 13.8 Å². The molecule has 3 rings (SSSR count). The molecule has 0 aliphatic carbocycles. The van der Waals surface area contributed by atoms with E-state index in [2.05, 4.69) is 20.4 Å². The number of fused-ring (bicyclic) bond motifs is 2. The molecule has 1 amide bonds. The summed E-state index contributed by atoms with van der Waals surface area (Å²) in [5.74, 6) is -0.737. The molecule has 0 saturated heterocycles. The molecule has 2 heterocycles. The minimum Gasteiger partial charge on any atom is -0.494 e. The van der Waals surface area contributed by atoms with E-state index in [0.29, 0.717) is 23.4 Å². The number of hydrogen-bond donors (Lipinski definition) is 2. The summed E-state index contributed by atoms with van der Waals surface area (Å²) in [6.07, 6.45) is 4.74. The number of benzene rings is 1. The summed E-state index contributed by atoms with van der Waals surface area (Å²) in [5, 5.41) is 5.66. The smallest absolute Gasteiger partial charge is 0.387 e. The summed E-state index contributed by atoms with van der Waals surface area (Å²) in [5.41, 5.74) is 1.64. The minimum atomic E-state index is -3.05. The topological polar surface area (TPSA) is 81.7 Å². The Hall–Kier alpha value is -3.69. The summed E-state index contributed by atoms with van der Waals surface area (Å²) < 4.78 is 55.9. The van der Waals surface area contributed by atoms with Crippen LogP contribution >= 0.6 is 0 Å². The number of amides is 1. The Morgan fingerprint density at radius 2 is 2.06 bits per heavy atom. The first-order chi connectivity index (χ1) is 16.2. The molecule has 182 valence electrons. The molecule has 0 spiro atoms. The van der Waals surface area contributed by atoms with Crippen molar-refractivity contribution in [1.82, 2.24) is 10.3 Å². The van der Waals surface area contributed by atoms with Crippen LogP contribution < -0.4 is 24.8 Å². The number of pyridine rings is 1. The Morgan fingerprint density at radius 1 is 1.32 bits per heavy atom. The van der Waals surface area contributed by atoms with Crippen molar-refractivity contribution in [1.29, 1.82) is 0 Å². The fourth-order valence-corrected chi connectivity index (χ4v) is 3.46. The molecule has 0 bridgehead atoms. The Labute approximate surface area is 195 Å². The van der Waals surface area contributed by atoms with Crippen LogP contribution in [0.2, 0.25) is 0 Å². The molecule has 0 saturated carbocycles. The predicted octanol–water partition coefficient (Wildman–Crippen LogP) is 6.20. The zero-order chi connectivity index (χ0) is 25.0. The number of carbonyl (C=O) groups excluding carboxylic acids is 1. The van der Waals surface area contributed by atoms with E-state index < -0.39 is 18.3 Å². The first-order valence-corrected chi connectivity index (χ1v) is 10.6. The van der Waals surface area contributed by atoms with Crippen molar-refractivity contribution in [2.75, 3.05) is 19.5 Å². The van der Waals surface area contributed by atoms with Gasteiger partial charge in [-0.2, -0.15) is 8.78 Å². The van der Waals surface area contributed by atoms with Gasteiger partial charge < -0.3 is 24.8 Å². The molecule has 10 heteroatoms. The van der Waals surface area contributed by atoms with Gasteiger partial charge in [0.25, 0.3) is 5.91 Å². The number of alkyl halides is 2. The molecule has 2 aromatic rings. The first kappa shape index (κ1) is 24.9. The number of aromatic nitrogens is 1. The standard InChI is InChI=1S/C24H26F3N3O4/c1-6-12(3)15(8-13(25)7-2)19-22-20(16(11-29-19)23(31)28-4)30-21-17(32-5)9-14(33-24(26)27)10-18(21)34-22/h7-12,24,30H,6H2,1-5H3,(H,28,31)/b13-7+,15-8+. The fourth-order valence-electron chi connectivity index (χ4n) is 3.46. The average molecular weight is 477 g/mol. The number of allylic oxidation sites excluding steroid dienone is 4. The highest BCUT2D eigenvalue weighted by molar-refractivity contribution is 6.03. The molecule has 7 nitrogen and oxygen atoms in total. The highest BCUT2D eigenvalue weighted by Crippen LogP contribution is 2.52. The lowest BCUT2D eigenvalue weighted by Gasteiger charge is -2.28. The molecule has 1 aromatic heterocycles. The van der Waals surface area contributed by atoms with Crippen molar-refractivity contribution in [2.45, 2.75) is 33.8 Å². The number of anilines is 2. The average Bonchev–Trinajstić information content (AvgIpc) is 2.83. The lowest BCUT2D eigenvalue weighted by molar-refractivity contribution is -0.0499. The molecule has 2 N–H and O–H groups in total. The van der Waals surface area contributed by atoms with E-state index in [1.165, 1.54) is 44.6 Å². The Bertz CT molecular complexity index is 1150. The molecule has 0 fully saturated rings. The minimum absolute atomic E-state index is 0.110. The van der Waals surface area contributed by atoms with Gasteiger partial charge in [0.2, 0.25) is 0 Å². The largest absolute Gasteiger partial charge is 0.494 e. The lowest BCUT2D eigenvalue weighted by Crippen LogP contribution is -2.21. The molecule has 1 aromatic carbocycles. The third-order valence-electron chi connectivity index (χ3n) is 5.44. The van der Waals surface area contributed by atoms with Crippen LogP contribution in [-0.2, 0) is 0 Å². The molecular formula is C24H26F3N3O4. The van der Waals surface area contributed by atoms with E-state index in [9.17, 15) is 18.0 Å². The molecular weight excluding hydrogens is 451 g/mol. The van der Waals surface area contributed by atoms with Crippen LogP contribution in [0.3, 0.4) is 0 Å². The van der Waals surface area contributed by atoms with Crippen molar-refractivity contribution in [3.8, 4) is 23.0 Å². The van der Waals surface area contributed by atoms with Crippen LogP contribution in [0.15, 0.2) is 36.3 Å². The molecule has 0 radical (unpaired) electrons. The van der Waals surface area contributed by atoms with E-state index in [4.69, 9.17) is 9.47 Å². The van der Waals surface area contributed by atoms with Gasteiger partial charge in [0, 0.05) is 25.4 Å². The lowest BCUT2D eigenvalue weighted by atomic mass is 9.92. The molecule has 1 aliphatic rings. The second-order valence-electron chi connectivity index (χ2n) is 7.49. The summed E-state index contributed by atoms with van der Waals surface area (Å²) >= 11 is 0. The van der Waals surface area contributed by atoms with E-state index >= 15 is 0 Å². The van der Waals surface area contributed by atoms with Gasteiger partial charge in [-0.3, -0.25) is 9.78 Å². The first-order valence-electron chi connectivity index (χ1n) is 10.6. The van der Waals surface area contributed by atoms with Crippen LogP contribution in [0.4, 0.5) is 24.5 Å². The summed E-state index contributed by atoms with van der Waals surface area (Å²) in [6, 6.07) is 2.55. The zero-order valence-electron chi connectivity index (χ0n) is 19.5.